The molecule has 0 radical (unpaired) electrons. The molecule has 0 rings (SSSR count). The van der Waals surface area contributed by atoms with Crippen molar-refractivity contribution in [3.05, 3.63) is 0 Å². The van der Waals surface area contributed by atoms with Gasteiger partial charge >= 0.3 is 0 Å². The summed E-state index contributed by atoms with van der Waals surface area (Å²) in [5.74, 6) is -0.162. The molecule has 1 N–H and O–H groups in total. The summed E-state index contributed by atoms with van der Waals surface area (Å²) < 4.78 is 0. The lowest BCUT2D eigenvalue weighted by Gasteiger charge is -2.07. The van der Waals surface area contributed by atoms with Crippen LogP contribution in [0.1, 0.15) is 0 Å². The van der Waals surface area contributed by atoms with Crippen LogP contribution in [0.4, 0.5) is 0 Å². The van der Waals surface area contributed by atoms with Gasteiger partial charge < -0.3 is 10.2 Å². The fourth-order valence-electron chi connectivity index (χ4n) is 0.343. The second-order valence-electron chi connectivity index (χ2n) is 1.69. The first-order valence-electron chi connectivity index (χ1n) is 2.57. The summed E-state index contributed by atoms with van der Waals surface area (Å²) in [7, 11) is 3.07. The number of rotatable bonds is 3. The van der Waals surface area contributed by atoms with Crippen molar-refractivity contribution in [3.8, 4) is 0 Å². The normalized spacial score (nSPS) is 8.22. The summed E-state index contributed by atoms with van der Waals surface area (Å²) >= 11 is 0. The monoisotopic (exact) mass is 130 g/mol. The van der Waals surface area contributed by atoms with Crippen LogP contribution < -0.4 is 5.32 Å². The van der Waals surface area contributed by atoms with Gasteiger partial charge in [0, 0.05) is 14.1 Å². The summed E-state index contributed by atoms with van der Waals surface area (Å²) in [4.78, 5) is 21.6. The Morgan fingerprint density at radius 1 is 1.78 bits per heavy atom. The van der Waals surface area contributed by atoms with Gasteiger partial charge in [-0.1, -0.05) is 0 Å². The van der Waals surface area contributed by atoms with E-state index in [2.05, 4.69) is 5.32 Å². The van der Waals surface area contributed by atoms with Gasteiger partial charge in [0.2, 0.25) is 12.3 Å². The molecule has 0 aromatic carbocycles. The molecule has 52 valence electrons. The molecule has 4 heteroatoms. The first kappa shape index (κ1) is 7.94. The van der Waals surface area contributed by atoms with Gasteiger partial charge in [0.05, 0.1) is 6.54 Å². The highest BCUT2D eigenvalue weighted by molar-refractivity contribution is 5.79. The Kier molecular flexibility index (Phi) is 3.43. The minimum Gasteiger partial charge on any atom is -0.358 e. The van der Waals surface area contributed by atoms with E-state index >= 15 is 0 Å². The van der Waals surface area contributed by atoms with Gasteiger partial charge in [0.15, 0.2) is 0 Å². The van der Waals surface area contributed by atoms with E-state index in [1.54, 1.807) is 7.05 Å². The molecule has 0 heterocycles. The van der Waals surface area contributed by atoms with E-state index in [-0.39, 0.29) is 12.5 Å². The maximum Gasteiger partial charge on any atom is 0.239 e. The molecule has 0 aromatic rings. The summed E-state index contributed by atoms with van der Waals surface area (Å²) in [6.45, 7) is 0.125. The van der Waals surface area contributed by atoms with Crippen LogP contribution in [0.2, 0.25) is 0 Å². The Balaban J connectivity index is 3.46. The van der Waals surface area contributed by atoms with Crippen molar-refractivity contribution in [1.82, 2.24) is 10.2 Å². The second-order valence-corrected chi connectivity index (χ2v) is 1.69. The molecule has 0 atom stereocenters. The van der Waals surface area contributed by atoms with Crippen molar-refractivity contribution >= 4 is 12.3 Å². The number of likely N-dealkylation sites (N-methyl/N-ethyl adjacent to an activating group) is 2. The SMILES string of the molecule is CNC(=O)CN(C)C=O. The number of nitrogens with one attached hydrogen (secondary N) is 1. The van der Waals surface area contributed by atoms with E-state index < -0.39 is 0 Å². The molecule has 0 aliphatic carbocycles. The van der Waals surface area contributed by atoms with Crippen molar-refractivity contribution in [2.24, 2.45) is 0 Å². The van der Waals surface area contributed by atoms with Crippen molar-refractivity contribution in [1.29, 1.82) is 0 Å². The van der Waals surface area contributed by atoms with E-state index in [1.807, 2.05) is 0 Å². The van der Waals surface area contributed by atoms with E-state index in [9.17, 15) is 9.59 Å². The molecule has 2 amide bonds. The maximum absolute atomic E-state index is 10.5. The van der Waals surface area contributed by atoms with Crippen LogP contribution in [-0.2, 0) is 9.59 Å². The number of hydrogen-bond donors (Lipinski definition) is 1. The van der Waals surface area contributed by atoms with Crippen LogP contribution in [0, 0.1) is 0 Å². The Labute approximate surface area is 53.8 Å². The first-order chi connectivity index (χ1) is 4.20. The van der Waals surface area contributed by atoms with Crippen molar-refractivity contribution < 1.29 is 9.59 Å². The van der Waals surface area contributed by atoms with Gasteiger partial charge in [-0.05, 0) is 0 Å². The number of carbonyl (C=O) groups excluding carboxylic acids is 2. The average molecular weight is 130 g/mol. The maximum atomic E-state index is 10.5. The van der Waals surface area contributed by atoms with Crippen LogP contribution >= 0.6 is 0 Å². The van der Waals surface area contributed by atoms with E-state index in [0.29, 0.717) is 6.41 Å². The molecule has 0 saturated heterocycles. The van der Waals surface area contributed by atoms with Crippen LogP contribution in [0.25, 0.3) is 0 Å². The van der Waals surface area contributed by atoms with Crippen LogP contribution in [0.3, 0.4) is 0 Å². The molecular weight excluding hydrogens is 120 g/mol. The fraction of sp³-hybridized carbons (Fsp3) is 0.600. The van der Waals surface area contributed by atoms with Gasteiger partial charge in [-0.2, -0.15) is 0 Å². The van der Waals surface area contributed by atoms with Crippen molar-refractivity contribution in [3.63, 3.8) is 0 Å². The standard InChI is InChI=1S/C5H10N2O2/c1-6-5(9)3-7(2)4-8/h4H,3H2,1-2H3,(H,6,9). The third-order valence-electron chi connectivity index (χ3n) is 0.852. The molecular formula is C5H10N2O2. The van der Waals surface area contributed by atoms with E-state index in [4.69, 9.17) is 0 Å². The van der Waals surface area contributed by atoms with Gasteiger partial charge in [0.1, 0.15) is 0 Å². The summed E-state index contributed by atoms with van der Waals surface area (Å²) in [5.41, 5.74) is 0. The quantitative estimate of drug-likeness (QED) is 0.489. The zero-order valence-corrected chi connectivity index (χ0v) is 5.55. The highest BCUT2D eigenvalue weighted by Crippen LogP contribution is 1.72. The minimum atomic E-state index is -0.162. The van der Waals surface area contributed by atoms with Gasteiger partial charge in [0.25, 0.3) is 0 Å². The molecule has 0 aliphatic heterocycles. The van der Waals surface area contributed by atoms with Crippen LogP contribution in [0.15, 0.2) is 0 Å². The zero-order chi connectivity index (χ0) is 7.28. The lowest BCUT2D eigenvalue weighted by Crippen LogP contribution is -2.31. The van der Waals surface area contributed by atoms with E-state index in [1.165, 1.54) is 11.9 Å². The Morgan fingerprint density at radius 3 is 2.67 bits per heavy atom. The third kappa shape index (κ3) is 3.52. The average Bonchev–Trinajstić information content (AvgIpc) is 1.87. The molecule has 0 spiro atoms. The summed E-state index contributed by atoms with van der Waals surface area (Å²) in [5, 5.41) is 2.39. The van der Waals surface area contributed by atoms with Gasteiger partial charge in [-0.15, -0.1) is 0 Å². The lowest BCUT2D eigenvalue weighted by molar-refractivity contribution is -0.126. The molecule has 0 bridgehead atoms. The largest absolute Gasteiger partial charge is 0.358 e. The minimum absolute atomic E-state index is 0.125. The Bertz CT molecular complexity index is 114. The molecule has 9 heavy (non-hydrogen) atoms. The molecule has 0 saturated carbocycles. The molecule has 0 unspecified atom stereocenters. The zero-order valence-electron chi connectivity index (χ0n) is 5.55. The second kappa shape index (κ2) is 3.88. The topological polar surface area (TPSA) is 49.4 Å². The Morgan fingerprint density at radius 2 is 2.33 bits per heavy atom. The number of carbonyl (C=O) groups is 2. The fourth-order valence-corrected chi connectivity index (χ4v) is 0.343. The smallest absolute Gasteiger partial charge is 0.239 e. The molecule has 0 aromatic heterocycles. The number of amides is 2. The van der Waals surface area contributed by atoms with E-state index in [0.717, 1.165) is 0 Å². The predicted molar refractivity (Wildman–Crippen MR) is 32.8 cm³/mol. The molecule has 0 aliphatic rings. The van der Waals surface area contributed by atoms with Gasteiger partial charge in [-0.25, -0.2) is 0 Å². The van der Waals surface area contributed by atoms with Crippen LogP contribution in [0.5, 0.6) is 0 Å². The predicted octanol–water partition coefficient (Wildman–Crippen LogP) is -1.18. The summed E-state index contributed by atoms with van der Waals surface area (Å²) in [6, 6.07) is 0. The van der Waals surface area contributed by atoms with Crippen molar-refractivity contribution in [2.45, 2.75) is 0 Å². The van der Waals surface area contributed by atoms with Gasteiger partial charge in [-0.3, -0.25) is 9.59 Å². The summed E-state index contributed by atoms with van der Waals surface area (Å²) in [6.07, 6.45) is 0.606. The number of nitrogens with zero attached hydrogens (tertiary/aromatic N) is 1. The van der Waals surface area contributed by atoms with Crippen LogP contribution in [-0.4, -0.2) is 37.9 Å². The first-order valence-corrected chi connectivity index (χ1v) is 2.57. The highest BCUT2D eigenvalue weighted by Gasteiger charge is 1.99. The number of hydrogen-bond acceptors (Lipinski definition) is 2. The molecule has 4 nitrogen and oxygen atoms in total. The Hall–Kier alpha value is -1.06. The lowest BCUT2D eigenvalue weighted by atomic mass is 10.5. The third-order valence-corrected chi connectivity index (χ3v) is 0.852. The highest BCUT2D eigenvalue weighted by atomic mass is 16.2. The van der Waals surface area contributed by atoms with Crippen molar-refractivity contribution in [2.75, 3.05) is 20.6 Å². The molecule has 0 fully saturated rings.